The summed E-state index contributed by atoms with van der Waals surface area (Å²) in [6.45, 7) is 4.09. The van der Waals surface area contributed by atoms with E-state index >= 15 is 0 Å². The normalized spacial score (nSPS) is 10.6. The van der Waals surface area contributed by atoms with Gasteiger partial charge in [-0.25, -0.2) is 4.39 Å². The van der Waals surface area contributed by atoms with Crippen LogP contribution in [-0.4, -0.2) is 18.6 Å². The van der Waals surface area contributed by atoms with Crippen LogP contribution in [0.3, 0.4) is 0 Å². The van der Waals surface area contributed by atoms with Gasteiger partial charge in [0.25, 0.3) is 0 Å². The molecule has 0 saturated carbocycles. The van der Waals surface area contributed by atoms with E-state index < -0.39 is 0 Å². The largest absolute Gasteiger partial charge is 0.364 e. The van der Waals surface area contributed by atoms with E-state index in [4.69, 9.17) is 0 Å². The van der Waals surface area contributed by atoms with Crippen LogP contribution in [0.5, 0.6) is 0 Å². The Morgan fingerprint density at radius 3 is 2.55 bits per heavy atom. The van der Waals surface area contributed by atoms with E-state index in [2.05, 4.69) is 10.3 Å². The standard InChI is InChI=1S/C16H20FN3/c1-3-20(16-10-5-4-9-15(16)17)12-14-8-6-7-13(19-14)11-18-2/h4-10,18H,3,11-12H2,1-2H3. The maximum atomic E-state index is 13.9. The molecule has 2 aromatic rings. The van der Waals surface area contributed by atoms with E-state index in [9.17, 15) is 4.39 Å². The van der Waals surface area contributed by atoms with Crippen LogP contribution < -0.4 is 10.2 Å². The van der Waals surface area contributed by atoms with E-state index in [1.54, 1.807) is 12.1 Å². The minimum atomic E-state index is -0.194. The van der Waals surface area contributed by atoms with E-state index in [1.807, 2.05) is 43.1 Å². The van der Waals surface area contributed by atoms with Gasteiger partial charge >= 0.3 is 0 Å². The molecule has 0 saturated heterocycles. The molecule has 0 spiro atoms. The highest BCUT2D eigenvalue weighted by Crippen LogP contribution is 2.20. The number of hydrogen-bond donors (Lipinski definition) is 1. The molecule has 0 amide bonds. The zero-order valence-corrected chi connectivity index (χ0v) is 11.9. The lowest BCUT2D eigenvalue weighted by Gasteiger charge is -2.23. The van der Waals surface area contributed by atoms with E-state index in [0.717, 1.165) is 24.5 Å². The minimum absolute atomic E-state index is 0.194. The molecule has 0 aliphatic carbocycles. The topological polar surface area (TPSA) is 28.2 Å². The van der Waals surface area contributed by atoms with Gasteiger partial charge in [0, 0.05) is 13.1 Å². The Morgan fingerprint density at radius 2 is 1.85 bits per heavy atom. The number of anilines is 1. The van der Waals surface area contributed by atoms with E-state index in [1.165, 1.54) is 6.07 Å². The number of aromatic nitrogens is 1. The monoisotopic (exact) mass is 273 g/mol. The van der Waals surface area contributed by atoms with E-state index in [0.29, 0.717) is 12.2 Å². The van der Waals surface area contributed by atoms with Gasteiger partial charge in [0.15, 0.2) is 0 Å². The van der Waals surface area contributed by atoms with E-state index in [-0.39, 0.29) is 5.82 Å². The highest BCUT2D eigenvalue weighted by Gasteiger charge is 2.10. The molecule has 20 heavy (non-hydrogen) atoms. The summed E-state index contributed by atoms with van der Waals surface area (Å²) in [6.07, 6.45) is 0. The average molecular weight is 273 g/mol. The van der Waals surface area contributed by atoms with Crippen molar-refractivity contribution >= 4 is 5.69 Å². The quantitative estimate of drug-likeness (QED) is 0.877. The molecule has 0 aliphatic rings. The number of para-hydroxylation sites is 1. The number of hydrogen-bond acceptors (Lipinski definition) is 3. The third-order valence-electron chi connectivity index (χ3n) is 3.15. The first-order chi connectivity index (χ1) is 9.74. The Labute approximate surface area is 119 Å². The number of halogens is 1. The van der Waals surface area contributed by atoms with Gasteiger partial charge in [-0.3, -0.25) is 4.98 Å². The fraction of sp³-hybridized carbons (Fsp3) is 0.312. The first-order valence-electron chi connectivity index (χ1n) is 6.83. The molecule has 106 valence electrons. The summed E-state index contributed by atoms with van der Waals surface area (Å²) in [4.78, 5) is 6.57. The van der Waals surface area contributed by atoms with Gasteiger partial charge in [-0.05, 0) is 38.2 Å². The fourth-order valence-corrected chi connectivity index (χ4v) is 2.17. The lowest BCUT2D eigenvalue weighted by molar-refractivity contribution is 0.616. The molecular formula is C16H20FN3. The Kier molecular flexibility index (Phi) is 5.07. The van der Waals surface area contributed by atoms with Gasteiger partial charge in [0.2, 0.25) is 0 Å². The second-order valence-corrected chi connectivity index (χ2v) is 4.62. The first-order valence-corrected chi connectivity index (χ1v) is 6.83. The van der Waals surface area contributed by atoms with Crippen molar-refractivity contribution in [3.05, 3.63) is 59.7 Å². The third kappa shape index (κ3) is 3.54. The molecule has 1 N–H and O–H groups in total. The van der Waals surface area contributed by atoms with Crippen molar-refractivity contribution < 1.29 is 4.39 Å². The van der Waals surface area contributed by atoms with Crippen molar-refractivity contribution in [2.75, 3.05) is 18.5 Å². The molecule has 1 aromatic carbocycles. The minimum Gasteiger partial charge on any atom is -0.364 e. The van der Waals surface area contributed by atoms with Crippen molar-refractivity contribution in [1.29, 1.82) is 0 Å². The molecular weight excluding hydrogens is 253 g/mol. The number of nitrogens with zero attached hydrogens (tertiary/aromatic N) is 2. The smallest absolute Gasteiger partial charge is 0.146 e. The maximum absolute atomic E-state index is 13.9. The number of pyridine rings is 1. The van der Waals surface area contributed by atoms with Crippen LogP contribution in [0.2, 0.25) is 0 Å². The van der Waals surface area contributed by atoms with Crippen LogP contribution in [0.4, 0.5) is 10.1 Å². The van der Waals surface area contributed by atoms with Gasteiger partial charge in [0.05, 0.1) is 23.6 Å². The molecule has 0 atom stereocenters. The van der Waals surface area contributed by atoms with Crippen LogP contribution in [0, 0.1) is 5.82 Å². The molecule has 1 heterocycles. The second-order valence-electron chi connectivity index (χ2n) is 4.62. The summed E-state index contributed by atoms with van der Waals surface area (Å²) >= 11 is 0. The van der Waals surface area contributed by atoms with Gasteiger partial charge in [0.1, 0.15) is 5.82 Å². The van der Waals surface area contributed by atoms with Gasteiger partial charge < -0.3 is 10.2 Å². The summed E-state index contributed by atoms with van der Waals surface area (Å²) in [5.74, 6) is -0.194. The second kappa shape index (κ2) is 7.01. The van der Waals surface area contributed by atoms with Crippen LogP contribution in [-0.2, 0) is 13.1 Å². The molecule has 0 fully saturated rings. The van der Waals surface area contributed by atoms with Gasteiger partial charge in [-0.15, -0.1) is 0 Å². The SMILES string of the molecule is CCN(Cc1cccc(CNC)n1)c1ccccc1F. The predicted molar refractivity (Wildman–Crippen MR) is 80.1 cm³/mol. The maximum Gasteiger partial charge on any atom is 0.146 e. The highest BCUT2D eigenvalue weighted by molar-refractivity contribution is 5.47. The Hall–Kier alpha value is -1.94. The van der Waals surface area contributed by atoms with Crippen LogP contribution in [0.1, 0.15) is 18.3 Å². The lowest BCUT2D eigenvalue weighted by Crippen LogP contribution is -2.24. The van der Waals surface area contributed by atoms with Gasteiger partial charge in [-0.2, -0.15) is 0 Å². The summed E-state index contributed by atoms with van der Waals surface area (Å²) in [5, 5.41) is 3.08. The molecule has 0 radical (unpaired) electrons. The first kappa shape index (κ1) is 14.5. The fourth-order valence-electron chi connectivity index (χ4n) is 2.17. The van der Waals surface area contributed by atoms with Crippen molar-refractivity contribution in [2.24, 2.45) is 0 Å². The summed E-state index contributed by atoms with van der Waals surface area (Å²) in [5.41, 5.74) is 2.56. The summed E-state index contributed by atoms with van der Waals surface area (Å²) in [6, 6.07) is 12.8. The molecule has 1 aromatic heterocycles. The molecule has 3 nitrogen and oxygen atoms in total. The van der Waals surface area contributed by atoms with Gasteiger partial charge in [-0.1, -0.05) is 18.2 Å². The highest BCUT2D eigenvalue weighted by atomic mass is 19.1. The zero-order valence-electron chi connectivity index (χ0n) is 11.9. The van der Waals surface area contributed by atoms with Crippen molar-refractivity contribution in [3.8, 4) is 0 Å². The van der Waals surface area contributed by atoms with Crippen LogP contribution in [0.15, 0.2) is 42.5 Å². The Balaban J connectivity index is 2.18. The van der Waals surface area contributed by atoms with Crippen molar-refractivity contribution in [3.63, 3.8) is 0 Å². The molecule has 0 aliphatic heterocycles. The lowest BCUT2D eigenvalue weighted by atomic mass is 10.2. The zero-order chi connectivity index (χ0) is 14.4. The Morgan fingerprint density at radius 1 is 1.10 bits per heavy atom. The number of nitrogens with one attached hydrogen (secondary N) is 1. The molecule has 2 rings (SSSR count). The molecule has 0 unspecified atom stereocenters. The van der Waals surface area contributed by atoms with Crippen molar-refractivity contribution in [2.45, 2.75) is 20.0 Å². The van der Waals surface area contributed by atoms with Crippen molar-refractivity contribution in [1.82, 2.24) is 10.3 Å². The molecule has 0 bridgehead atoms. The number of benzene rings is 1. The average Bonchev–Trinajstić information content (AvgIpc) is 2.46. The molecule has 4 heteroatoms. The van der Waals surface area contributed by atoms with Crippen LogP contribution >= 0.6 is 0 Å². The number of rotatable bonds is 6. The summed E-state index contributed by atoms with van der Waals surface area (Å²) < 4.78 is 13.9. The summed E-state index contributed by atoms with van der Waals surface area (Å²) in [7, 11) is 1.89. The Bertz CT molecular complexity index is 557. The third-order valence-corrected chi connectivity index (χ3v) is 3.15. The van der Waals surface area contributed by atoms with Crippen LogP contribution in [0.25, 0.3) is 0 Å². The predicted octanol–water partition coefficient (Wildman–Crippen LogP) is 2.97.